The summed E-state index contributed by atoms with van der Waals surface area (Å²) in [6, 6.07) is 1.67. The van der Waals surface area contributed by atoms with Crippen LogP contribution in [0.15, 0.2) is 12.3 Å². The van der Waals surface area contributed by atoms with Crippen LogP contribution in [0.3, 0.4) is 0 Å². The lowest BCUT2D eigenvalue weighted by molar-refractivity contribution is 0.0925. The number of hydrazine groups is 1. The van der Waals surface area contributed by atoms with Gasteiger partial charge in [-0.3, -0.25) is 4.79 Å². The molecule has 0 fully saturated rings. The van der Waals surface area contributed by atoms with Crippen molar-refractivity contribution in [3.8, 4) is 0 Å². The monoisotopic (exact) mass is 284 g/mol. The molecular formula is C13H21ClN4O. The maximum Gasteiger partial charge on any atom is 0.253 e. The molecule has 1 rings (SSSR count). The molecule has 0 spiro atoms. The molecule has 106 valence electrons. The molecule has 19 heavy (non-hydrogen) atoms. The average Bonchev–Trinajstić information content (AvgIpc) is 2.39. The van der Waals surface area contributed by atoms with Crippen LogP contribution in [0.1, 0.15) is 44.0 Å². The van der Waals surface area contributed by atoms with Gasteiger partial charge in [-0.2, -0.15) is 0 Å². The molecule has 1 unspecified atom stereocenters. The third-order valence-corrected chi connectivity index (χ3v) is 3.64. The van der Waals surface area contributed by atoms with E-state index in [1.165, 1.54) is 6.20 Å². The lowest BCUT2D eigenvalue weighted by Crippen LogP contribution is -2.37. The van der Waals surface area contributed by atoms with Crippen molar-refractivity contribution >= 4 is 23.3 Å². The largest absolute Gasteiger partial charge is 0.349 e. The normalized spacial score (nSPS) is 12.3. The number of halogens is 1. The lowest BCUT2D eigenvalue weighted by atomic mass is 9.95. The van der Waals surface area contributed by atoms with E-state index in [0.717, 1.165) is 12.8 Å². The van der Waals surface area contributed by atoms with E-state index in [4.69, 9.17) is 17.4 Å². The number of hydrogen-bond acceptors (Lipinski definition) is 4. The van der Waals surface area contributed by atoms with Gasteiger partial charge in [-0.15, -0.1) is 0 Å². The second kappa shape index (κ2) is 7.31. The van der Waals surface area contributed by atoms with Crippen LogP contribution >= 0.6 is 11.6 Å². The van der Waals surface area contributed by atoms with Crippen molar-refractivity contribution in [1.29, 1.82) is 0 Å². The SMILES string of the molecule is CCC(CC)C(C)NC(=O)c1cnc(NN)c(Cl)c1. The van der Waals surface area contributed by atoms with Crippen LogP contribution in [0.4, 0.5) is 5.82 Å². The summed E-state index contributed by atoms with van der Waals surface area (Å²) >= 11 is 5.94. The van der Waals surface area contributed by atoms with Crippen molar-refractivity contribution in [2.75, 3.05) is 5.43 Å². The van der Waals surface area contributed by atoms with Crippen molar-refractivity contribution in [2.24, 2.45) is 11.8 Å². The van der Waals surface area contributed by atoms with Gasteiger partial charge >= 0.3 is 0 Å². The van der Waals surface area contributed by atoms with Crippen LogP contribution in [-0.2, 0) is 0 Å². The third-order valence-electron chi connectivity index (χ3n) is 3.35. The van der Waals surface area contributed by atoms with Gasteiger partial charge in [0, 0.05) is 12.2 Å². The molecule has 0 saturated carbocycles. The highest BCUT2D eigenvalue weighted by molar-refractivity contribution is 6.33. The van der Waals surface area contributed by atoms with E-state index in [9.17, 15) is 4.79 Å². The van der Waals surface area contributed by atoms with Gasteiger partial charge in [-0.1, -0.05) is 38.3 Å². The summed E-state index contributed by atoms with van der Waals surface area (Å²) in [6.45, 7) is 6.26. The molecule has 6 heteroatoms. The number of pyridine rings is 1. The number of nitrogen functional groups attached to an aromatic ring is 1. The highest BCUT2D eigenvalue weighted by atomic mass is 35.5. The number of nitrogens with zero attached hydrogens (tertiary/aromatic N) is 1. The first-order valence-electron chi connectivity index (χ1n) is 6.46. The smallest absolute Gasteiger partial charge is 0.253 e. The molecule has 0 aromatic carbocycles. The summed E-state index contributed by atoms with van der Waals surface area (Å²) in [7, 11) is 0. The Balaban J connectivity index is 2.75. The third kappa shape index (κ3) is 4.08. The number of nitrogens with one attached hydrogen (secondary N) is 2. The molecule has 5 nitrogen and oxygen atoms in total. The summed E-state index contributed by atoms with van der Waals surface area (Å²) in [5, 5.41) is 3.30. The Morgan fingerprint density at radius 3 is 2.58 bits per heavy atom. The van der Waals surface area contributed by atoms with E-state index in [-0.39, 0.29) is 11.9 Å². The molecular weight excluding hydrogens is 264 g/mol. The number of aromatic nitrogens is 1. The zero-order chi connectivity index (χ0) is 14.4. The Morgan fingerprint density at radius 2 is 2.11 bits per heavy atom. The zero-order valence-electron chi connectivity index (χ0n) is 11.5. The number of hydrogen-bond donors (Lipinski definition) is 3. The van der Waals surface area contributed by atoms with Crippen LogP contribution in [0.25, 0.3) is 0 Å². The summed E-state index contributed by atoms with van der Waals surface area (Å²) in [5.74, 6) is 5.89. The van der Waals surface area contributed by atoms with Gasteiger partial charge in [0.25, 0.3) is 5.91 Å². The Kier molecular flexibility index (Phi) is 6.05. The van der Waals surface area contributed by atoms with Gasteiger partial charge in [-0.05, 0) is 18.9 Å². The lowest BCUT2D eigenvalue weighted by Gasteiger charge is -2.22. The molecule has 0 aliphatic heterocycles. The van der Waals surface area contributed by atoms with Gasteiger partial charge in [0.05, 0.1) is 10.6 Å². The first-order chi connectivity index (χ1) is 9.03. The highest BCUT2D eigenvalue weighted by Crippen LogP contribution is 2.19. The Hall–Kier alpha value is -1.33. The molecule has 4 N–H and O–H groups in total. The van der Waals surface area contributed by atoms with Gasteiger partial charge in [-0.25, -0.2) is 10.8 Å². The minimum Gasteiger partial charge on any atom is -0.349 e. The first-order valence-corrected chi connectivity index (χ1v) is 6.84. The van der Waals surface area contributed by atoms with Crippen LogP contribution in [0.2, 0.25) is 5.02 Å². The highest BCUT2D eigenvalue weighted by Gasteiger charge is 2.17. The first kappa shape index (κ1) is 15.7. The number of rotatable bonds is 6. The average molecular weight is 285 g/mol. The topological polar surface area (TPSA) is 80.0 Å². The molecule has 1 heterocycles. The molecule has 0 aliphatic rings. The maximum absolute atomic E-state index is 12.1. The predicted molar refractivity (Wildman–Crippen MR) is 78.1 cm³/mol. The van der Waals surface area contributed by atoms with Gasteiger partial charge in [0.1, 0.15) is 0 Å². The summed E-state index contributed by atoms with van der Waals surface area (Å²) in [5.41, 5.74) is 2.80. The number of carbonyl (C=O) groups is 1. The molecule has 1 atom stereocenters. The molecule has 0 bridgehead atoms. The van der Waals surface area contributed by atoms with E-state index in [0.29, 0.717) is 22.3 Å². The van der Waals surface area contributed by atoms with E-state index in [2.05, 4.69) is 29.6 Å². The van der Waals surface area contributed by atoms with Gasteiger partial charge < -0.3 is 10.7 Å². The van der Waals surface area contributed by atoms with Crippen molar-refractivity contribution in [3.63, 3.8) is 0 Å². The van der Waals surface area contributed by atoms with Gasteiger partial charge in [0.15, 0.2) is 5.82 Å². The minimum absolute atomic E-state index is 0.119. The second-order valence-electron chi connectivity index (χ2n) is 4.54. The summed E-state index contributed by atoms with van der Waals surface area (Å²) in [6.07, 6.45) is 3.52. The Labute approximate surface area is 118 Å². The van der Waals surface area contributed by atoms with E-state index < -0.39 is 0 Å². The Bertz CT molecular complexity index is 435. The van der Waals surface area contributed by atoms with Crippen LogP contribution in [0, 0.1) is 5.92 Å². The van der Waals surface area contributed by atoms with Crippen LogP contribution in [-0.4, -0.2) is 16.9 Å². The van der Waals surface area contributed by atoms with Gasteiger partial charge in [0.2, 0.25) is 0 Å². The molecule has 0 radical (unpaired) electrons. The number of anilines is 1. The van der Waals surface area contributed by atoms with Crippen molar-refractivity contribution in [2.45, 2.75) is 39.7 Å². The van der Waals surface area contributed by atoms with Crippen LogP contribution in [0.5, 0.6) is 0 Å². The molecule has 0 aliphatic carbocycles. The molecule has 1 aromatic rings. The fourth-order valence-electron chi connectivity index (χ4n) is 2.07. The quantitative estimate of drug-likeness (QED) is 0.554. The number of carbonyl (C=O) groups excluding carboxylic acids is 1. The summed E-state index contributed by atoms with van der Waals surface area (Å²) in [4.78, 5) is 16.1. The number of amides is 1. The fourth-order valence-corrected chi connectivity index (χ4v) is 2.29. The van der Waals surface area contributed by atoms with Crippen molar-refractivity contribution < 1.29 is 4.79 Å². The minimum atomic E-state index is -0.169. The standard InChI is InChI=1S/C13H21ClN4O/c1-4-9(5-2)8(3)17-13(19)10-6-11(14)12(18-15)16-7-10/h6-9H,4-5,15H2,1-3H3,(H,16,18)(H,17,19). The zero-order valence-corrected chi connectivity index (χ0v) is 12.3. The second-order valence-corrected chi connectivity index (χ2v) is 4.94. The molecule has 1 aromatic heterocycles. The van der Waals surface area contributed by atoms with Crippen LogP contribution < -0.4 is 16.6 Å². The summed E-state index contributed by atoms with van der Waals surface area (Å²) < 4.78 is 0. The van der Waals surface area contributed by atoms with E-state index in [1.807, 2.05) is 6.92 Å². The van der Waals surface area contributed by atoms with E-state index in [1.54, 1.807) is 6.07 Å². The van der Waals surface area contributed by atoms with E-state index >= 15 is 0 Å². The predicted octanol–water partition coefficient (Wildman–Crippen LogP) is 2.58. The maximum atomic E-state index is 12.1. The molecule has 1 amide bonds. The Morgan fingerprint density at radius 1 is 1.47 bits per heavy atom. The number of nitrogens with two attached hydrogens (primary N) is 1. The van der Waals surface area contributed by atoms with Crippen molar-refractivity contribution in [1.82, 2.24) is 10.3 Å². The fraction of sp³-hybridized carbons (Fsp3) is 0.538. The van der Waals surface area contributed by atoms with Crippen molar-refractivity contribution in [3.05, 3.63) is 22.8 Å². The molecule has 0 saturated heterocycles.